The Balaban J connectivity index is 3.20. The molecule has 0 bridgehead atoms. The SMILES string of the molecule is CCCCCCCC(=O)C(N)=O. The van der Waals surface area contributed by atoms with Crippen molar-refractivity contribution >= 4 is 11.7 Å². The number of hydrogen-bond acceptors (Lipinski definition) is 2. The van der Waals surface area contributed by atoms with Gasteiger partial charge in [0, 0.05) is 6.42 Å². The molecule has 1 amide bonds. The van der Waals surface area contributed by atoms with Gasteiger partial charge in [0.15, 0.2) is 0 Å². The zero-order valence-electron chi connectivity index (χ0n) is 7.64. The highest BCUT2D eigenvalue weighted by Crippen LogP contribution is 2.04. The minimum Gasteiger partial charge on any atom is -0.363 e. The number of rotatable bonds is 7. The van der Waals surface area contributed by atoms with E-state index in [1.807, 2.05) is 0 Å². The van der Waals surface area contributed by atoms with Crippen LogP contribution in [0.15, 0.2) is 0 Å². The molecule has 3 nitrogen and oxygen atoms in total. The van der Waals surface area contributed by atoms with Crippen LogP contribution in [0.5, 0.6) is 0 Å². The Labute approximate surface area is 73.3 Å². The monoisotopic (exact) mass is 171 g/mol. The highest BCUT2D eigenvalue weighted by molar-refractivity contribution is 6.35. The van der Waals surface area contributed by atoms with Crippen molar-refractivity contribution in [2.45, 2.75) is 45.4 Å². The number of hydrogen-bond donors (Lipinski definition) is 1. The molecule has 0 saturated carbocycles. The van der Waals surface area contributed by atoms with E-state index in [2.05, 4.69) is 6.92 Å². The molecule has 2 N–H and O–H groups in total. The Hall–Kier alpha value is -0.860. The lowest BCUT2D eigenvalue weighted by Gasteiger charge is -1.97. The van der Waals surface area contributed by atoms with E-state index in [9.17, 15) is 9.59 Å². The summed E-state index contributed by atoms with van der Waals surface area (Å²) in [5.74, 6) is -1.24. The molecule has 0 fully saturated rings. The van der Waals surface area contributed by atoms with Crippen LogP contribution in [0.25, 0.3) is 0 Å². The van der Waals surface area contributed by atoms with E-state index in [0.717, 1.165) is 19.3 Å². The van der Waals surface area contributed by atoms with Gasteiger partial charge >= 0.3 is 0 Å². The fourth-order valence-electron chi connectivity index (χ4n) is 1.01. The first kappa shape index (κ1) is 11.1. The smallest absolute Gasteiger partial charge is 0.284 e. The van der Waals surface area contributed by atoms with E-state index in [4.69, 9.17) is 5.73 Å². The van der Waals surface area contributed by atoms with Crippen molar-refractivity contribution in [3.05, 3.63) is 0 Å². The largest absolute Gasteiger partial charge is 0.363 e. The van der Waals surface area contributed by atoms with Crippen LogP contribution in [0.3, 0.4) is 0 Å². The summed E-state index contributed by atoms with van der Waals surface area (Å²) < 4.78 is 0. The zero-order chi connectivity index (χ0) is 9.40. The average molecular weight is 171 g/mol. The van der Waals surface area contributed by atoms with Gasteiger partial charge < -0.3 is 5.73 Å². The zero-order valence-corrected chi connectivity index (χ0v) is 7.64. The lowest BCUT2D eigenvalue weighted by Crippen LogP contribution is -2.22. The molecular weight excluding hydrogens is 154 g/mol. The summed E-state index contributed by atoms with van der Waals surface area (Å²) in [4.78, 5) is 21.0. The predicted octanol–water partition coefficient (Wildman–Crippen LogP) is 1.40. The van der Waals surface area contributed by atoms with E-state index in [1.54, 1.807) is 0 Å². The number of Topliss-reactive ketones (excluding diaryl/α,β-unsaturated/α-hetero) is 1. The Morgan fingerprint density at radius 3 is 2.17 bits per heavy atom. The summed E-state index contributed by atoms with van der Waals surface area (Å²) in [7, 11) is 0. The summed E-state index contributed by atoms with van der Waals surface area (Å²) >= 11 is 0. The van der Waals surface area contributed by atoms with Gasteiger partial charge in [-0.05, 0) is 6.42 Å². The van der Waals surface area contributed by atoms with Crippen LogP contribution in [0.2, 0.25) is 0 Å². The van der Waals surface area contributed by atoms with Gasteiger partial charge in [-0.1, -0.05) is 32.6 Å². The molecule has 0 aromatic heterocycles. The number of unbranched alkanes of at least 4 members (excludes halogenated alkanes) is 4. The maximum absolute atomic E-state index is 10.7. The van der Waals surface area contributed by atoms with Crippen molar-refractivity contribution in [1.82, 2.24) is 0 Å². The first-order chi connectivity index (χ1) is 5.68. The molecule has 12 heavy (non-hydrogen) atoms. The molecule has 0 rings (SSSR count). The Morgan fingerprint density at radius 1 is 1.08 bits per heavy atom. The standard InChI is InChI=1S/C9H17NO2/c1-2-3-4-5-6-7-8(11)9(10)12/h2-7H2,1H3,(H2,10,12). The van der Waals surface area contributed by atoms with Gasteiger partial charge in [0.05, 0.1) is 0 Å². The Kier molecular flexibility index (Phi) is 6.34. The molecule has 0 aliphatic carbocycles. The topological polar surface area (TPSA) is 60.2 Å². The summed E-state index contributed by atoms with van der Waals surface area (Å²) in [6.07, 6.45) is 5.66. The van der Waals surface area contributed by atoms with Crippen LogP contribution in [-0.2, 0) is 9.59 Å². The second-order valence-electron chi connectivity index (χ2n) is 2.95. The van der Waals surface area contributed by atoms with Crippen LogP contribution in [0.4, 0.5) is 0 Å². The van der Waals surface area contributed by atoms with E-state index in [-0.39, 0.29) is 0 Å². The van der Waals surface area contributed by atoms with Crippen molar-refractivity contribution < 1.29 is 9.59 Å². The average Bonchev–Trinajstić information content (AvgIpc) is 2.03. The van der Waals surface area contributed by atoms with Gasteiger partial charge in [-0.25, -0.2) is 0 Å². The predicted molar refractivity (Wildman–Crippen MR) is 47.6 cm³/mol. The molecule has 0 spiro atoms. The number of amides is 1. The fraction of sp³-hybridized carbons (Fsp3) is 0.778. The number of primary amides is 1. The molecule has 0 aliphatic rings. The molecule has 0 aromatic rings. The van der Waals surface area contributed by atoms with E-state index in [1.165, 1.54) is 12.8 Å². The second kappa shape index (κ2) is 6.83. The van der Waals surface area contributed by atoms with Crippen LogP contribution in [0.1, 0.15) is 45.4 Å². The lowest BCUT2D eigenvalue weighted by atomic mass is 10.1. The Morgan fingerprint density at radius 2 is 1.67 bits per heavy atom. The molecule has 3 heteroatoms. The van der Waals surface area contributed by atoms with Crippen molar-refractivity contribution in [1.29, 1.82) is 0 Å². The molecule has 0 aliphatic heterocycles. The molecular formula is C9H17NO2. The maximum Gasteiger partial charge on any atom is 0.284 e. The van der Waals surface area contributed by atoms with Crippen LogP contribution >= 0.6 is 0 Å². The molecule has 0 saturated heterocycles. The molecule has 0 unspecified atom stereocenters. The van der Waals surface area contributed by atoms with Gasteiger partial charge in [0.1, 0.15) is 0 Å². The molecule has 0 atom stereocenters. The third-order valence-electron chi connectivity index (χ3n) is 1.78. The van der Waals surface area contributed by atoms with Crippen molar-refractivity contribution in [2.24, 2.45) is 5.73 Å². The number of carbonyl (C=O) groups excluding carboxylic acids is 2. The highest BCUT2D eigenvalue weighted by Gasteiger charge is 2.06. The second-order valence-corrected chi connectivity index (χ2v) is 2.95. The molecule has 0 aromatic carbocycles. The van der Waals surface area contributed by atoms with Gasteiger partial charge in [-0.2, -0.15) is 0 Å². The minimum atomic E-state index is -0.800. The first-order valence-electron chi connectivity index (χ1n) is 4.51. The summed E-state index contributed by atoms with van der Waals surface area (Å²) in [6, 6.07) is 0. The van der Waals surface area contributed by atoms with Gasteiger partial charge in [-0.3, -0.25) is 9.59 Å². The third kappa shape index (κ3) is 5.89. The molecule has 0 heterocycles. The lowest BCUT2D eigenvalue weighted by molar-refractivity contribution is -0.136. The van der Waals surface area contributed by atoms with E-state index < -0.39 is 11.7 Å². The van der Waals surface area contributed by atoms with Crippen LogP contribution < -0.4 is 5.73 Å². The van der Waals surface area contributed by atoms with Crippen LogP contribution in [-0.4, -0.2) is 11.7 Å². The number of nitrogens with two attached hydrogens (primary N) is 1. The fourth-order valence-corrected chi connectivity index (χ4v) is 1.01. The maximum atomic E-state index is 10.7. The summed E-state index contributed by atoms with van der Waals surface area (Å²) in [5.41, 5.74) is 4.79. The first-order valence-corrected chi connectivity index (χ1v) is 4.51. The van der Waals surface area contributed by atoms with Crippen molar-refractivity contribution in [3.8, 4) is 0 Å². The summed E-state index contributed by atoms with van der Waals surface area (Å²) in [5, 5.41) is 0. The van der Waals surface area contributed by atoms with Crippen molar-refractivity contribution in [3.63, 3.8) is 0 Å². The van der Waals surface area contributed by atoms with Gasteiger partial charge in [0.25, 0.3) is 5.91 Å². The Bertz CT molecular complexity index is 155. The quantitative estimate of drug-likeness (QED) is 0.465. The van der Waals surface area contributed by atoms with E-state index >= 15 is 0 Å². The van der Waals surface area contributed by atoms with E-state index in [0.29, 0.717) is 6.42 Å². The van der Waals surface area contributed by atoms with Gasteiger partial charge in [0.2, 0.25) is 5.78 Å². The normalized spacial score (nSPS) is 9.75. The number of ketones is 1. The van der Waals surface area contributed by atoms with Crippen LogP contribution in [0, 0.1) is 0 Å². The minimum absolute atomic E-state index is 0.318. The van der Waals surface area contributed by atoms with Gasteiger partial charge in [-0.15, -0.1) is 0 Å². The van der Waals surface area contributed by atoms with Crippen molar-refractivity contribution in [2.75, 3.05) is 0 Å². The third-order valence-corrected chi connectivity index (χ3v) is 1.78. The summed E-state index contributed by atoms with van der Waals surface area (Å²) in [6.45, 7) is 2.13. The number of carbonyl (C=O) groups is 2. The molecule has 0 radical (unpaired) electrons. The highest BCUT2D eigenvalue weighted by atomic mass is 16.2. The molecule has 70 valence electrons.